The van der Waals surface area contributed by atoms with Gasteiger partial charge in [0.1, 0.15) is 11.5 Å². The number of hydrogen-bond donors (Lipinski definition) is 1. The van der Waals surface area contributed by atoms with Crippen LogP contribution in [0.15, 0.2) is 34.8 Å². The molecule has 1 aromatic carbocycles. The van der Waals surface area contributed by atoms with Crippen LogP contribution in [0, 0.1) is 11.7 Å². The number of hydrogen-bond acceptors (Lipinski definition) is 6. The number of carbonyl (C=O) groups is 2. The van der Waals surface area contributed by atoms with Crippen LogP contribution in [-0.4, -0.2) is 28.5 Å². The Hall–Kier alpha value is -2.61. The van der Waals surface area contributed by atoms with E-state index >= 15 is 0 Å². The molecule has 24 heavy (non-hydrogen) atoms. The van der Waals surface area contributed by atoms with Gasteiger partial charge in [-0.1, -0.05) is 24.2 Å². The normalized spacial score (nSPS) is 19.5. The number of rotatable bonds is 4. The van der Waals surface area contributed by atoms with Crippen molar-refractivity contribution >= 4 is 33.9 Å². The molecule has 1 aromatic heterocycles. The van der Waals surface area contributed by atoms with Gasteiger partial charge in [-0.25, -0.2) is 9.37 Å². The topological polar surface area (TPSA) is 80.7 Å². The molecule has 124 valence electrons. The van der Waals surface area contributed by atoms with Gasteiger partial charge in [-0.2, -0.15) is 0 Å². The molecule has 1 aliphatic heterocycles. The van der Waals surface area contributed by atoms with Crippen molar-refractivity contribution in [3.8, 4) is 0 Å². The number of aromatic nitrogens is 1. The number of benzene rings is 1. The van der Waals surface area contributed by atoms with Crippen LogP contribution in [-0.2, 0) is 9.63 Å². The summed E-state index contributed by atoms with van der Waals surface area (Å²) in [6.45, 7) is 3.22. The number of nitrogens with one attached hydrogen (secondary N) is 1. The minimum atomic E-state index is -0.810. The quantitative estimate of drug-likeness (QED) is 0.863. The average Bonchev–Trinajstić information content (AvgIpc) is 3.15. The fraction of sp³-hybridized carbons (Fsp3) is 0.250. The minimum absolute atomic E-state index is 0.167. The summed E-state index contributed by atoms with van der Waals surface area (Å²) >= 11 is 1.17. The molecule has 8 heteroatoms. The largest absolute Gasteiger partial charge is 0.381 e. The number of thiazole rings is 1. The molecule has 1 amide bonds. The van der Waals surface area contributed by atoms with Crippen LogP contribution in [0.4, 0.5) is 9.52 Å². The van der Waals surface area contributed by atoms with Gasteiger partial charge >= 0.3 is 0 Å². The SMILES string of the molecule is CC(=O)c1csc(NC(=O)[C@H]2ON=C(c3ccc(F)cc3)[C@H]2C)n1. The van der Waals surface area contributed by atoms with Crippen molar-refractivity contribution in [3.05, 3.63) is 46.7 Å². The molecular weight excluding hydrogens is 333 g/mol. The predicted octanol–water partition coefficient (Wildman–Crippen LogP) is 2.86. The first kappa shape index (κ1) is 16.3. The summed E-state index contributed by atoms with van der Waals surface area (Å²) in [5, 5.41) is 8.50. The summed E-state index contributed by atoms with van der Waals surface area (Å²) in [5.41, 5.74) is 1.59. The molecule has 0 saturated carbocycles. The highest BCUT2D eigenvalue weighted by Crippen LogP contribution is 2.25. The highest BCUT2D eigenvalue weighted by atomic mass is 32.1. The second-order valence-corrected chi connectivity index (χ2v) is 6.24. The molecule has 0 bridgehead atoms. The Kier molecular flexibility index (Phi) is 4.39. The summed E-state index contributed by atoms with van der Waals surface area (Å²) < 4.78 is 13.0. The highest BCUT2D eigenvalue weighted by molar-refractivity contribution is 7.14. The summed E-state index contributed by atoms with van der Waals surface area (Å²) in [6.07, 6.45) is -0.810. The zero-order chi connectivity index (χ0) is 17.3. The number of nitrogens with zero attached hydrogens (tertiary/aromatic N) is 2. The van der Waals surface area contributed by atoms with Crippen LogP contribution in [0.3, 0.4) is 0 Å². The molecule has 3 rings (SSSR count). The van der Waals surface area contributed by atoms with E-state index in [-0.39, 0.29) is 17.5 Å². The Balaban J connectivity index is 1.68. The predicted molar refractivity (Wildman–Crippen MR) is 87.7 cm³/mol. The van der Waals surface area contributed by atoms with Crippen LogP contribution in [0.1, 0.15) is 29.9 Å². The second kappa shape index (κ2) is 6.48. The first-order valence-electron chi connectivity index (χ1n) is 7.22. The third-order valence-corrected chi connectivity index (χ3v) is 4.40. The number of Topliss-reactive ketones (excluding diaryl/α,β-unsaturated/α-hetero) is 1. The smallest absolute Gasteiger partial charge is 0.270 e. The minimum Gasteiger partial charge on any atom is -0.381 e. The van der Waals surface area contributed by atoms with Crippen molar-refractivity contribution in [2.24, 2.45) is 11.1 Å². The molecule has 0 aliphatic carbocycles. The molecule has 0 fully saturated rings. The molecule has 0 unspecified atom stereocenters. The van der Waals surface area contributed by atoms with Crippen LogP contribution < -0.4 is 5.32 Å². The summed E-state index contributed by atoms with van der Waals surface area (Å²) in [6, 6.07) is 5.84. The molecule has 0 spiro atoms. The number of amides is 1. The van der Waals surface area contributed by atoms with Gasteiger partial charge < -0.3 is 4.84 Å². The first-order chi connectivity index (χ1) is 11.5. The van der Waals surface area contributed by atoms with E-state index < -0.39 is 12.0 Å². The number of oxime groups is 1. The van der Waals surface area contributed by atoms with Crippen molar-refractivity contribution in [1.29, 1.82) is 0 Å². The lowest BCUT2D eigenvalue weighted by Crippen LogP contribution is -2.34. The van der Waals surface area contributed by atoms with E-state index in [0.29, 0.717) is 22.1 Å². The third-order valence-electron chi connectivity index (χ3n) is 3.64. The lowest BCUT2D eigenvalue weighted by Gasteiger charge is -2.13. The Morgan fingerprint density at radius 2 is 2.00 bits per heavy atom. The van der Waals surface area contributed by atoms with E-state index in [9.17, 15) is 14.0 Å². The molecule has 2 atom stereocenters. The summed E-state index contributed by atoms with van der Waals surface area (Å²) in [7, 11) is 0. The van der Waals surface area contributed by atoms with E-state index in [4.69, 9.17) is 4.84 Å². The summed E-state index contributed by atoms with van der Waals surface area (Å²) in [4.78, 5) is 32.9. The average molecular weight is 347 g/mol. The maximum absolute atomic E-state index is 13.0. The highest BCUT2D eigenvalue weighted by Gasteiger charge is 2.37. The Morgan fingerprint density at radius 1 is 1.29 bits per heavy atom. The van der Waals surface area contributed by atoms with Gasteiger partial charge in [-0.3, -0.25) is 14.9 Å². The second-order valence-electron chi connectivity index (χ2n) is 5.38. The Labute approximate surface area is 141 Å². The van der Waals surface area contributed by atoms with Crippen LogP contribution >= 0.6 is 11.3 Å². The van der Waals surface area contributed by atoms with Gasteiger partial charge in [-0.05, 0) is 17.7 Å². The van der Waals surface area contributed by atoms with Gasteiger partial charge in [0.2, 0.25) is 6.10 Å². The maximum Gasteiger partial charge on any atom is 0.270 e. The van der Waals surface area contributed by atoms with Gasteiger partial charge in [0.15, 0.2) is 10.9 Å². The van der Waals surface area contributed by atoms with Crippen LogP contribution in [0.25, 0.3) is 0 Å². The fourth-order valence-electron chi connectivity index (χ4n) is 2.31. The fourth-order valence-corrected chi connectivity index (χ4v) is 3.06. The standard InChI is InChI=1S/C16H14FN3O3S/c1-8-13(10-3-5-11(17)6-4-10)20-23-14(8)15(22)19-16-18-12(7-24-16)9(2)21/h3-8,14H,1-2H3,(H,18,19,22)/t8-,14+/m1/s1. The monoisotopic (exact) mass is 347 g/mol. The third kappa shape index (κ3) is 3.18. The van der Waals surface area contributed by atoms with Crippen LogP contribution in [0.2, 0.25) is 0 Å². The van der Waals surface area contributed by atoms with Crippen molar-refractivity contribution < 1.29 is 18.8 Å². The van der Waals surface area contributed by atoms with E-state index in [1.165, 1.54) is 30.4 Å². The zero-order valence-electron chi connectivity index (χ0n) is 12.9. The lowest BCUT2D eigenvalue weighted by molar-refractivity contribution is -0.127. The lowest BCUT2D eigenvalue weighted by atomic mass is 9.94. The van der Waals surface area contributed by atoms with Gasteiger partial charge in [0, 0.05) is 12.3 Å². The van der Waals surface area contributed by atoms with E-state index in [1.807, 2.05) is 6.92 Å². The van der Waals surface area contributed by atoms with E-state index in [2.05, 4.69) is 15.5 Å². The van der Waals surface area contributed by atoms with Crippen molar-refractivity contribution in [2.75, 3.05) is 5.32 Å². The number of carbonyl (C=O) groups excluding carboxylic acids is 2. The van der Waals surface area contributed by atoms with Gasteiger partial charge in [-0.15, -0.1) is 11.3 Å². The molecule has 6 nitrogen and oxygen atoms in total. The van der Waals surface area contributed by atoms with Crippen molar-refractivity contribution in [2.45, 2.75) is 20.0 Å². The molecular formula is C16H14FN3O3S. The number of halogens is 1. The number of anilines is 1. The Bertz CT molecular complexity index is 816. The molecule has 2 heterocycles. The van der Waals surface area contributed by atoms with Crippen molar-refractivity contribution in [1.82, 2.24) is 4.98 Å². The molecule has 0 saturated heterocycles. The summed E-state index contributed by atoms with van der Waals surface area (Å²) in [5.74, 6) is -1.21. The van der Waals surface area contributed by atoms with Gasteiger partial charge in [0.25, 0.3) is 5.91 Å². The zero-order valence-corrected chi connectivity index (χ0v) is 13.8. The Morgan fingerprint density at radius 3 is 2.62 bits per heavy atom. The van der Waals surface area contributed by atoms with E-state index in [1.54, 1.807) is 17.5 Å². The van der Waals surface area contributed by atoms with E-state index in [0.717, 1.165) is 0 Å². The molecule has 1 N–H and O–H groups in total. The molecule has 0 radical (unpaired) electrons. The molecule has 2 aromatic rings. The molecule has 1 aliphatic rings. The number of ketones is 1. The van der Waals surface area contributed by atoms with Crippen LogP contribution in [0.5, 0.6) is 0 Å². The maximum atomic E-state index is 13.0. The van der Waals surface area contributed by atoms with Crippen molar-refractivity contribution in [3.63, 3.8) is 0 Å². The first-order valence-corrected chi connectivity index (χ1v) is 8.10. The van der Waals surface area contributed by atoms with Gasteiger partial charge in [0.05, 0.1) is 11.6 Å².